The van der Waals surface area contributed by atoms with Gasteiger partial charge >= 0.3 is 7.60 Å². The number of hydrogen-bond acceptors (Lipinski definition) is 4. The summed E-state index contributed by atoms with van der Waals surface area (Å²) in [5.74, 6) is 0. The highest BCUT2D eigenvalue weighted by Crippen LogP contribution is 2.67. The van der Waals surface area contributed by atoms with Crippen molar-refractivity contribution in [2.75, 3.05) is 19.9 Å². The summed E-state index contributed by atoms with van der Waals surface area (Å²) in [6.07, 6.45) is 1.81. The Labute approximate surface area is 161 Å². The molecule has 0 aliphatic heterocycles. The van der Waals surface area contributed by atoms with Gasteiger partial charge in [0.2, 0.25) is 0 Å². The highest BCUT2D eigenvalue weighted by Gasteiger charge is 2.33. The van der Waals surface area contributed by atoms with E-state index in [1.165, 1.54) is 0 Å². The van der Waals surface area contributed by atoms with Crippen LogP contribution in [0.2, 0.25) is 0 Å². The van der Waals surface area contributed by atoms with E-state index in [2.05, 4.69) is 18.2 Å². The molecule has 0 fully saturated rings. The lowest BCUT2D eigenvalue weighted by atomic mass is 9.97. The number of hydrogen-bond donors (Lipinski definition) is 1. The molecule has 0 amide bonds. The summed E-state index contributed by atoms with van der Waals surface area (Å²) in [5, 5.41) is 4.57. The molecular formula is C21H24O4P2. The fraction of sp³-hybridized carbons (Fsp3) is 0.238. The zero-order valence-corrected chi connectivity index (χ0v) is 17.5. The van der Waals surface area contributed by atoms with Crippen molar-refractivity contribution in [1.29, 1.82) is 0 Å². The van der Waals surface area contributed by atoms with Crippen LogP contribution in [0, 0.1) is 0 Å². The van der Waals surface area contributed by atoms with Crippen molar-refractivity contribution in [1.82, 2.24) is 0 Å². The second-order valence-electron chi connectivity index (χ2n) is 6.09. The molecule has 0 spiro atoms. The zero-order chi connectivity index (χ0) is 19.4. The molecule has 3 rings (SSSR count). The Hall–Kier alpha value is -1.54. The largest absolute Gasteiger partial charge is 0.369 e. The second kappa shape index (κ2) is 8.65. The van der Waals surface area contributed by atoms with Gasteiger partial charge in [-0.25, -0.2) is 0 Å². The van der Waals surface area contributed by atoms with Crippen molar-refractivity contribution < 1.29 is 18.5 Å². The molecule has 0 bridgehead atoms. The first-order chi connectivity index (χ1) is 13.0. The van der Waals surface area contributed by atoms with Crippen LogP contribution in [0.25, 0.3) is 27.6 Å². The molecule has 0 radical (unpaired) electrons. The summed E-state index contributed by atoms with van der Waals surface area (Å²) < 4.78 is 24.4. The minimum atomic E-state index is -3.57. The fourth-order valence-electron chi connectivity index (χ4n) is 3.19. The third kappa shape index (κ3) is 4.16. The third-order valence-corrected chi connectivity index (χ3v) is 8.58. The molecule has 142 valence electrons. The fourth-order valence-corrected chi connectivity index (χ4v) is 6.58. The molecule has 6 heteroatoms. The lowest BCUT2D eigenvalue weighted by Crippen LogP contribution is -1.98. The summed E-state index contributed by atoms with van der Waals surface area (Å²) >= 11 is 0. The Bertz CT molecular complexity index is 963. The van der Waals surface area contributed by atoms with Crippen LogP contribution in [0.1, 0.15) is 19.4 Å². The standard InChI is InChI=1S/C21H24O4P2/c1-4-24-27(23,25-5-2)21(26(3)22)15-20-18-12-8-6-10-16(18)14-17-11-7-9-13-19(17)20/h6-15,22H,4-5H2,1-3H3/b21-15+. The van der Waals surface area contributed by atoms with Gasteiger partial charge in [0.1, 0.15) is 0 Å². The van der Waals surface area contributed by atoms with Gasteiger partial charge in [-0.1, -0.05) is 48.5 Å². The molecule has 1 N–H and O–H groups in total. The van der Waals surface area contributed by atoms with E-state index in [0.717, 1.165) is 27.1 Å². The average Bonchev–Trinajstić information content (AvgIpc) is 2.65. The van der Waals surface area contributed by atoms with E-state index in [0.29, 0.717) is 5.06 Å². The molecular weight excluding hydrogens is 378 g/mol. The molecule has 3 aromatic carbocycles. The zero-order valence-electron chi connectivity index (χ0n) is 15.8. The van der Waals surface area contributed by atoms with E-state index in [1.54, 1.807) is 20.5 Å². The van der Waals surface area contributed by atoms with E-state index in [9.17, 15) is 9.46 Å². The highest BCUT2D eigenvalue weighted by molar-refractivity contribution is 7.77. The van der Waals surface area contributed by atoms with Crippen molar-refractivity contribution >= 4 is 43.4 Å². The molecule has 27 heavy (non-hydrogen) atoms. The first kappa shape index (κ1) is 20.2. The van der Waals surface area contributed by atoms with Crippen LogP contribution < -0.4 is 0 Å². The summed E-state index contributed by atoms with van der Waals surface area (Å²) in [4.78, 5) is 10.5. The Balaban J connectivity index is 2.34. The molecule has 0 saturated carbocycles. The van der Waals surface area contributed by atoms with Gasteiger partial charge in [-0.3, -0.25) is 4.57 Å². The van der Waals surface area contributed by atoms with Crippen molar-refractivity contribution in [3.63, 3.8) is 0 Å². The van der Waals surface area contributed by atoms with Crippen molar-refractivity contribution in [2.24, 2.45) is 0 Å². The van der Waals surface area contributed by atoms with Gasteiger partial charge in [0.15, 0.2) is 0 Å². The minimum absolute atomic E-state index is 0.244. The van der Waals surface area contributed by atoms with Gasteiger partial charge in [-0.15, -0.1) is 0 Å². The van der Waals surface area contributed by atoms with Gasteiger partial charge in [0.25, 0.3) is 0 Å². The molecule has 1 unspecified atom stereocenters. The second-order valence-corrected chi connectivity index (χ2v) is 9.97. The van der Waals surface area contributed by atoms with Crippen molar-refractivity contribution in [3.05, 3.63) is 65.2 Å². The molecule has 0 heterocycles. The van der Waals surface area contributed by atoms with Gasteiger partial charge in [0.05, 0.1) is 26.4 Å². The summed E-state index contributed by atoms with van der Waals surface area (Å²) in [5.41, 5.74) is 0.918. The van der Waals surface area contributed by atoms with Gasteiger partial charge in [0, 0.05) is 0 Å². The Morgan fingerprint density at radius 2 is 1.48 bits per heavy atom. The van der Waals surface area contributed by atoms with Crippen LogP contribution in [0.15, 0.2) is 59.7 Å². The molecule has 4 nitrogen and oxygen atoms in total. The molecule has 1 atom stereocenters. The van der Waals surface area contributed by atoms with Crippen LogP contribution in [0.4, 0.5) is 0 Å². The topological polar surface area (TPSA) is 55.8 Å². The summed E-state index contributed by atoms with van der Waals surface area (Å²) in [6, 6.07) is 18.3. The Morgan fingerprint density at radius 1 is 1.00 bits per heavy atom. The third-order valence-electron chi connectivity index (χ3n) is 4.30. The Morgan fingerprint density at radius 3 is 1.93 bits per heavy atom. The van der Waals surface area contributed by atoms with Crippen LogP contribution in [0.3, 0.4) is 0 Å². The average molecular weight is 402 g/mol. The van der Waals surface area contributed by atoms with Gasteiger partial charge in [-0.2, -0.15) is 0 Å². The predicted octanol–water partition coefficient (Wildman–Crippen LogP) is 6.58. The normalized spacial score (nSPS) is 14.0. The maximum absolute atomic E-state index is 13.4. The van der Waals surface area contributed by atoms with Gasteiger partial charge < -0.3 is 13.9 Å². The predicted molar refractivity (Wildman–Crippen MR) is 115 cm³/mol. The first-order valence-corrected chi connectivity index (χ1v) is 12.2. The molecule has 0 saturated heterocycles. The molecule has 0 aliphatic carbocycles. The van der Waals surface area contributed by atoms with Crippen LogP contribution in [-0.2, 0) is 13.6 Å². The summed E-state index contributed by atoms with van der Waals surface area (Å²) in [6.45, 7) is 5.68. The van der Waals surface area contributed by atoms with Crippen LogP contribution in [-0.4, -0.2) is 24.8 Å². The smallest absolute Gasteiger partial charge is 0.364 e. The maximum atomic E-state index is 13.4. The molecule has 0 aromatic heterocycles. The van der Waals surface area contributed by atoms with Gasteiger partial charge in [-0.05, 0) is 59.8 Å². The SMILES string of the molecule is CCOP(=O)(OCC)/C(=C/c1c2ccccc2cc2ccccc12)P(C)O. The Kier molecular flexibility index (Phi) is 6.47. The van der Waals surface area contributed by atoms with E-state index in [-0.39, 0.29) is 13.2 Å². The minimum Gasteiger partial charge on any atom is -0.369 e. The lowest BCUT2D eigenvalue weighted by Gasteiger charge is -2.22. The maximum Gasteiger partial charge on any atom is 0.364 e. The monoisotopic (exact) mass is 402 g/mol. The number of fused-ring (bicyclic) bond motifs is 2. The highest BCUT2D eigenvalue weighted by atomic mass is 31.2. The lowest BCUT2D eigenvalue weighted by molar-refractivity contribution is 0.228. The van der Waals surface area contributed by atoms with E-state index < -0.39 is 15.7 Å². The van der Waals surface area contributed by atoms with Crippen LogP contribution >= 0.6 is 15.7 Å². The van der Waals surface area contributed by atoms with E-state index >= 15 is 0 Å². The van der Waals surface area contributed by atoms with Crippen LogP contribution in [0.5, 0.6) is 0 Å². The quantitative estimate of drug-likeness (QED) is 0.358. The van der Waals surface area contributed by atoms with E-state index in [1.807, 2.05) is 42.5 Å². The first-order valence-electron chi connectivity index (χ1n) is 8.94. The van der Waals surface area contributed by atoms with E-state index in [4.69, 9.17) is 9.05 Å². The van der Waals surface area contributed by atoms with Crippen molar-refractivity contribution in [3.8, 4) is 0 Å². The molecule has 0 aliphatic rings. The number of rotatable bonds is 7. The van der Waals surface area contributed by atoms with Crippen molar-refractivity contribution in [2.45, 2.75) is 13.8 Å². The number of benzene rings is 3. The summed E-state index contributed by atoms with van der Waals surface area (Å²) in [7, 11) is -5.23. The molecule has 3 aromatic rings.